The van der Waals surface area contributed by atoms with E-state index in [4.69, 9.17) is 4.74 Å². The van der Waals surface area contributed by atoms with Crippen molar-refractivity contribution < 1.29 is 73.5 Å². The second kappa shape index (κ2) is 6.24. The number of ether oxygens (including phenoxy) is 1. The van der Waals surface area contributed by atoms with Crippen LogP contribution in [-0.4, -0.2) is 13.6 Å². The Kier molecular flexibility index (Phi) is 6.43. The van der Waals surface area contributed by atoms with Gasteiger partial charge in [-0.15, -0.1) is 0 Å². The minimum Gasteiger partial charge on any atom is -0.494 e. The molecule has 0 spiro atoms. The Bertz CT molecular complexity index is 329. The third kappa shape index (κ3) is 4.44. The average Bonchev–Trinajstić information content (AvgIpc) is 2.02. The summed E-state index contributed by atoms with van der Waals surface area (Å²) in [7, 11) is 0. The van der Waals surface area contributed by atoms with Gasteiger partial charge in [0.25, 0.3) is 0 Å². The van der Waals surface area contributed by atoms with E-state index in [1.807, 2.05) is 0 Å². The number of hydrogen-bond donors (Lipinski definition) is 0. The summed E-state index contributed by atoms with van der Waals surface area (Å²) in [4.78, 5) is 0. The van der Waals surface area contributed by atoms with E-state index in [9.17, 15) is 17.3 Å². The predicted molar refractivity (Wildman–Crippen MR) is 46.3 cm³/mol. The second-order valence-electron chi connectivity index (χ2n) is 2.69. The maximum atomic E-state index is 12.9. The first-order valence-corrected chi connectivity index (χ1v) is 4.07. The SMILES string of the molecule is CCOc1ccc([B-](F)(F)F)c(F)c1.[K+]. The summed E-state index contributed by atoms with van der Waals surface area (Å²) in [6.07, 6.45) is 0. The molecule has 1 aromatic carbocycles. The van der Waals surface area contributed by atoms with Gasteiger partial charge in [0, 0.05) is 6.07 Å². The number of benzene rings is 1. The second-order valence-corrected chi connectivity index (χ2v) is 2.69. The molecule has 0 unspecified atom stereocenters. The van der Waals surface area contributed by atoms with Crippen LogP contribution in [0.3, 0.4) is 0 Å². The van der Waals surface area contributed by atoms with Crippen molar-refractivity contribution in [1.29, 1.82) is 0 Å². The standard InChI is InChI=1S/C8H8BF4O.K/c1-2-14-6-3-4-7(8(10)5-6)9(11,12)13;/h3-5H,2H2,1H3;/q-1;+1. The van der Waals surface area contributed by atoms with Crippen LogP contribution < -0.4 is 61.6 Å². The van der Waals surface area contributed by atoms with Gasteiger partial charge in [-0.25, -0.2) is 4.39 Å². The Morgan fingerprint density at radius 2 is 1.87 bits per heavy atom. The van der Waals surface area contributed by atoms with E-state index < -0.39 is 18.3 Å². The van der Waals surface area contributed by atoms with Gasteiger partial charge in [0.2, 0.25) is 0 Å². The number of hydrogen-bond acceptors (Lipinski definition) is 1. The van der Waals surface area contributed by atoms with Crippen LogP contribution in [0.4, 0.5) is 17.3 Å². The smallest absolute Gasteiger partial charge is 0.494 e. The third-order valence-corrected chi connectivity index (χ3v) is 1.64. The topological polar surface area (TPSA) is 9.23 Å². The molecule has 1 aromatic rings. The first kappa shape index (κ1) is 15.4. The van der Waals surface area contributed by atoms with Gasteiger partial charge in [-0.1, -0.05) is 11.5 Å². The average molecular weight is 246 g/mol. The molecule has 1 rings (SSSR count). The molecule has 1 nitrogen and oxygen atoms in total. The summed E-state index contributed by atoms with van der Waals surface area (Å²) >= 11 is 0. The van der Waals surface area contributed by atoms with E-state index >= 15 is 0 Å². The van der Waals surface area contributed by atoms with Gasteiger partial charge in [-0.2, -0.15) is 0 Å². The molecule has 78 valence electrons. The number of rotatable bonds is 3. The molecule has 7 heteroatoms. The van der Waals surface area contributed by atoms with Gasteiger partial charge in [-0.3, -0.25) is 0 Å². The predicted octanol–water partition coefficient (Wildman–Crippen LogP) is -0.717. The van der Waals surface area contributed by atoms with Gasteiger partial charge in [-0.05, 0) is 13.0 Å². The third-order valence-electron chi connectivity index (χ3n) is 1.64. The van der Waals surface area contributed by atoms with Crippen molar-refractivity contribution in [3.05, 3.63) is 24.0 Å². The van der Waals surface area contributed by atoms with E-state index in [0.717, 1.165) is 12.1 Å². The molecule has 0 saturated carbocycles. The molecule has 0 aliphatic heterocycles. The summed E-state index contributed by atoms with van der Waals surface area (Å²) in [6.45, 7) is -3.33. The molecule has 0 amide bonds. The van der Waals surface area contributed by atoms with Crippen LogP contribution in [0.5, 0.6) is 5.75 Å². The monoisotopic (exact) mass is 246 g/mol. The summed E-state index contributed by atoms with van der Waals surface area (Å²) in [5, 5.41) is 0. The summed E-state index contributed by atoms with van der Waals surface area (Å²) in [6, 6.07) is 2.55. The minimum absolute atomic E-state index is 0. The molecule has 0 fully saturated rings. The zero-order valence-electron chi connectivity index (χ0n) is 8.44. The molecule has 0 heterocycles. The van der Waals surface area contributed by atoms with Crippen LogP contribution in [0.15, 0.2) is 18.2 Å². The Hall–Kier alpha value is 0.441. The molecule has 0 atom stereocenters. The van der Waals surface area contributed by atoms with Crippen molar-refractivity contribution in [2.75, 3.05) is 6.61 Å². The van der Waals surface area contributed by atoms with Crippen molar-refractivity contribution in [2.24, 2.45) is 0 Å². The van der Waals surface area contributed by atoms with Gasteiger partial charge in [0.1, 0.15) is 5.75 Å². The molecule has 15 heavy (non-hydrogen) atoms. The molecular weight excluding hydrogens is 238 g/mol. The fourth-order valence-corrected chi connectivity index (χ4v) is 1.03. The largest absolute Gasteiger partial charge is 1.00 e. The molecular formula is C8H8BF4KO. The fraction of sp³-hybridized carbons (Fsp3) is 0.250. The summed E-state index contributed by atoms with van der Waals surface area (Å²) < 4.78 is 54.2. The molecule has 0 aliphatic rings. The van der Waals surface area contributed by atoms with Crippen LogP contribution in [0, 0.1) is 5.82 Å². The van der Waals surface area contributed by atoms with Crippen LogP contribution >= 0.6 is 0 Å². The van der Waals surface area contributed by atoms with Crippen molar-refractivity contribution >= 4 is 12.4 Å². The Morgan fingerprint density at radius 3 is 2.27 bits per heavy atom. The molecule has 0 bridgehead atoms. The molecule has 0 saturated heterocycles. The quantitative estimate of drug-likeness (QED) is 0.505. The minimum atomic E-state index is -5.29. The Balaban J connectivity index is 0.00000196. The van der Waals surface area contributed by atoms with Crippen molar-refractivity contribution in [3.63, 3.8) is 0 Å². The molecule has 0 aliphatic carbocycles. The van der Waals surface area contributed by atoms with Crippen molar-refractivity contribution in [1.82, 2.24) is 0 Å². The summed E-state index contributed by atoms with van der Waals surface area (Å²) in [5.41, 5.74) is -1.21. The number of halogens is 4. The molecule has 0 aromatic heterocycles. The van der Waals surface area contributed by atoms with Crippen LogP contribution in [0.2, 0.25) is 0 Å². The van der Waals surface area contributed by atoms with Crippen molar-refractivity contribution in [2.45, 2.75) is 6.92 Å². The van der Waals surface area contributed by atoms with Gasteiger partial charge >= 0.3 is 58.4 Å². The maximum Gasteiger partial charge on any atom is 1.00 e. The molecule has 0 N–H and O–H groups in total. The van der Waals surface area contributed by atoms with Crippen LogP contribution in [0.25, 0.3) is 0 Å². The Labute approximate surface area is 128 Å². The van der Waals surface area contributed by atoms with E-state index in [-0.39, 0.29) is 63.7 Å². The first-order valence-electron chi connectivity index (χ1n) is 4.07. The van der Waals surface area contributed by atoms with Gasteiger partial charge < -0.3 is 17.7 Å². The van der Waals surface area contributed by atoms with E-state index in [1.54, 1.807) is 6.92 Å². The maximum absolute atomic E-state index is 12.9. The van der Waals surface area contributed by atoms with Crippen LogP contribution in [-0.2, 0) is 0 Å². The fourth-order valence-electron chi connectivity index (χ4n) is 1.03. The van der Waals surface area contributed by atoms with E-state index in [1.165, 1.54) is 0 Å². The zero-order valence-corrected chi connectivity index (χ0v) is 11.6. The van der Waals surface area contributed by atoms with Gasteiger partial charge in [0.15, 0.2) is 0 Å². The Morgan fingerprint density at radius 1 is 1.27 bits per heavy atom. The van der Waals surface area contributed by atoms with Crippen LogP contribution in [0.1, 0.15) is 6.92 Å². The zero-order chi connectivity index (χ0) is 10.8. The molecule has 0 radical (unpaired) electrons. The van der Waals surface area contributed by atoms with E-state index in [2.05, 4.69) is 0 Å². The normalized spacial score (nSPS) is 10.7. The first-order chi connectivity index (χ1) is 6.45. The van der Waals surface area contributed by atoms with Crippen molar-refractivity contribution in [3.8, 4) is 5.75 Å². The van der Waals surface area contributed by atoms with Gasteiger partial charge in [0.05, 0.1) is 12.4 Å². The van der Waals surface area contributed by atoms with E-state index in [0.29, 0.717) is 6.07 Å². The summed E-state index contributed by atoms with van der Waals surface area (Å²) in [5.74, 6) is -1.18.